The Morgan fingerprint density at radius 1 is 1.50 bits per heavy atom. The third kappa shape index (κ3) is 2.18. The Labute approximate surface area is 107 Å². The van der Waals surface area contributed by atoms with Gasteiger partial charge < -0.3 is 27.0 Å². The number of likely N-dealkylation sites (tertiary alicyclic amines) is 1. The van der Waals surface area contributed by atoms with Crippen molar-refractivity contribution in [1.82, 2.24) is 15.5 Å². The number of nitrogens with two attached hydrogens (primary N) is 2. The van der Waals surface area contributed by atoms with E-state index in [0.29, 0.717) is 12.0 Å². The predicted molar refractivity (Wildman–Crippen MR) is 71.5 cm³/mol. The summed E-state index contributed by atoms with van der Waals surface area (Å²) in [5.74, 6) is 2.15. The Kier molecular flexibility index (Phi) is 2.71. The Morgan fingerprint density at radius 3 is 3.06 bits per heavy atom. The van der Waals surface area contributed by atoms with Crippen LogP contribution >= 0.6 is 0 Å². The molecule has 0 spiro atoms. The number of piperidine rings is 1. The first-order chi connectivity index (χ1) is 8.53. The van der Waals surface area contributed by atoms with Crippen LogP contribution < -0.4 is 22.1 Å². The fourth-order valence-electron chi connectivity index (χ4n) is 3.18. The molecule has 0 aromatic carbocycles. The number of nitrogens with zero attached hydrogens (tertiary/aromatic N) is 2. The standard InChI is InChI=1S/C12H22N6/c1-12(14)5-10(16-11(13)17-12)18-6-8-3-2-4-15-9(8)7-18/h5,8-9,15H,2-4,6-7,14H2,1H3,(H3,13,16,17). The van der Waals surface area contributed by atoms with Crippen molar-refractivity contribution in [3.63, 3.8) is 0 Å². The Balaban J connectivity index is 1.75. The number of hydrogen-bond acceptors (Lipinski definition) is 6. The minimum absolute atomic E-state index is 0.403. The molecule has 3 unspecified atom stereocenters. The average molecular weight is 250 g/mol. The van der Waals surface area contributed by atoms with Gasteiger partial charge >= 0.3 is 0 Å². The van der Waals surface area contributed by atoms with Gasteiger partial charge in [-0.2, -0.15) is 0 Å². The minimum atomic E-state index is -0.703. The molecule has 0 aromatic rings. The molecule has 6 nitrogen and oxygen atoms in total. The third-order valence-electron chi connectivity index (χ3n) is 3.99. The number of aliphatic imine (C=N–C) groups is 1. The predicted octanol–water partition coefficient (Wildman–Crippen LogP) is -0.896. The molecule has 3 rings (SSSR count). The third-order valence-corrected chi connectivity index (χ3v) is 3.99. The zero-order chi connectivity index (χ0) is 12.8. The van der Waals surface area contributed by atoms with Crippen LogP contribution in [0.3, 0.4) is 0 Å². The number of nitrogens with one attached hydrogen (secondary N) is 2. The van der Waals surface area contributed by atoms with Crippen LogP contribution in [0.1, 0.15) is 19.8 Å². The largest absolute Gasteiger partial charge is 0.370 e. The maximum Gasteiger partial charge on any atom is 0.196 e. The molecule has 18 heavy (non-hydrogen) atoms. The van der Waals surface area contributed by atoms with Crippen molar-refractivity contribution in [3.8, 4) is 0 Å². The zero-order valence-corrected chi connectivity index (χ0v) is 10.8. The van der Waals surface area contributed by atoms with E-state index in [0.717, 1.165) is 31.4 Å². The van der Waals surface area contributed by atoms with E-state index < -0.39 is 5.66 Å². The molecule has 0 radical (unpaired) electrons. The lowest BCUT2D eigenvalue weighted by atomic mass is 9.94. The quantitative estimate of drug-likeness (QED) is 0.484. The zero-order valence-electron chi connectivity index (χ0n) is 10.8. The van der Waals surface area contributed by atoms with Gasteiger partial charge in [0.05, 0.1) is 0 Å². The molecule has 3 heterocycles. The molecule has 0 saturated carbocycles. The summed E-state index contributed by atoms with van der Waals surface area (Å²) in [7, 11) is 0. The van der Waals surface area contributed by atoms with Gasteiger partial charge in [-0.25, -0.2) is 4.99 Å². The van der Waals surface area contributed by atoms with Gasteiger partial charge in [0.2, 0.25) is 0 Å². The van der Waals surface area contributed by atoms with Crippen molar-refractivity contribution >= 4 is 5.96 Å². The second-order valence-electron chi connectivity index (χ2n) is 5.75. The normalized spacial score (nSPS) is 39.8. The number of rotatable bonds is 1. The molecule has 0 amide bonds. The van der Waals surface area contributed by atoms with Crippen LogP contribution in [0.5, 0.6) is 0 Å². The molecule has 2 saturated heterocycles. The molecule has 6 N–H and O–H groups in total. The smallest absolute Gasteiger partial charge is 0.196 e. The fraction of sp³-hybridized carbons (Fsp3) is 0.750. The molecule has 3 aliphatic heterocycles. The van der Waals surface area contributed by atoms with Crippen LogP contribution in [0.4, 0.5) is 0 Å². The molecule has 3 atom stereocenters. The monoisotopic (exact) mass is 250 g/mol. The topological polar surface area (TPSA) is 91.7 Å². The minimum Gasteiger partial charge on any atom is -0.370 e. The van der Waals surface area contributed by atoms with Crippen molar-refractivity contribution < 1.29 is 0 Å². The Morgan fingerprint density at radius 2 is 2.33 bits per heavy atom. The van der Waals surface area contributed by atoms with Gasteiger partial charge in [-0.1, -0.05) is 0 Å². The van der Waals surface area contributed by atoms with Gasteiger partial charge in [-0.05, 0) is 38.3 Å². The first kappa shape index (κ1) is 11.8. The van der Waals surface area contributed by atoms with Gasteiger partial charge in [0.1, 0.15) is 11.5 Å². The summed E-state index contributed by atoms with van der Waals surface area (Å²) >= 11 is 0. The van der Waals surface area contributed by atoms with Crippen LogP contribution in [0.25, 0.3) is 0 Å². The van der Waals surface area contributed by atoms with Crippen molar-refractivity contribution in [2.45, 2.75) is 31.5 Å². The van der Waals surface area contributed by atoms with Crippen LogP contribution in [0, 0.1) is 5.92 Å². The van der Waals surface area contributed by atoms with Crippen molar-refractivity contribution in [3.05, 3.63) is 11.9 Å². The average Bonchev–Trinajstić information content (AvgIpc) is 2.69. The highest BCUT2D eigenvalue weighted by molar-refractivity contribution is 5.81. The van der Waals surface area contributed by atoms with E-state index >= 15 is 0 Å². The van der Waals surface area contributed by atoms with Gasteiger partial charge in [-0.15, -0.1) is 0 Å². The van der Waals surface area contributed by atoms with Gasteiger partial charge in [-0.3, -0.25) is 0 Å². The van der Waals surface area contributed by atoms with Crippen molar-refractivity contribution in [2.24, 2.45) is 22.4 Å². The Bertz CT molecular complexity index is 385. The molecule has 6 heteroatoms. The summed E-state index contributed by atoms with van der Waals surface area (Å²) in [6.45, 7) is 5.09. The van der Waals surface area contributed by atoms with Gasteiger partial charge in [0.15, 0.2) is 5.96 Å². The lowest BCUT2D eigenvalue weighted by Gasteiger charge is -2.30. The molecule has 2 fully saturated rings. The summed E-state index contributed by atoms with van der Waals surface area (Å²) in [4.78, 5) is 6.50. The fourth-order valence-corrected chi connectivity index (χ4v) is 3.18. The first-order valence-electron chi connectivity index (χ1n) is 6.66. The van der Waals surface area contributed by atoms with E-state index in [9.17, 15) is 0 Å². The van der Waals surface area contributed by atoms with Crippen molar-refractivity contribution in [2.75, 3.05) is 19.6 Å². The van der Waals surface area contributed by atoms with E-state index in [1.807, 2.05) is 13.0 Å². The summed E-state index contributed by atoms with van der Waals surface area (Å²) in [6, 6.07) is 0.602. The van der Waals surface area contributed by atoms with Crippen LogP contribution in [-0.2, 0) is 0 Å². The second-order valence-corrected chi connectivity index (χ2v) is 5.75. The van der Waals surface area contributed by atoms with E-state index in [1.54, 1.807) is 0 Å². The maximum absolute atomic E-state index is 6.05. The molecule has 3 aliphatic rings. The lowest BCUT2D eigenvalue weighted by molar-refractivity contribution is 0.337. The van der Waals surface area contributed by atoms with Gasteiger partial charge in [0, 0.05) is 19.1 Å². The van der Waals surface area contributed by atoms with E-state index in [-0.39, 0.29) is 0 Å². The summed E-state index contributed by atoms with van der Waals surface area (Å²) in [5.41, 5.74) is 11.1. The second kappa shape index (κ2) is 4.13. The van der Waals surface area contributed by atoms with Crippen LogP contribution in [0.15, 0.2) is 16.9 Å². The molecule has 0 aromatic heterocycles. The van der Waals surface area contributed by atoms with E-state index in [1.165, 1.54) is 12.8 Å². The van der Waals surface area contributed by atoms with Crippen LogP contribution in [0.2, 0.25) is 0 Å². The Hall–Kier alpha value is -1.27. The summed E-state index contributed by atoms with van der Waals surface area (Å²) < 4.78 is 0. The number of guanidine groups is 1. The lowest BCUT2D eigenvalue weighted by Crippen LogP contribution is -2.48. The van der Waals surface area contributed by atoms with Gasteiger partial charge in [0.25, 0.3) is 0 Å². The number of hydrogen-bond donors (Lipinski definition) is 4. The van der Waals surface area contributed by atoms with E-state index in [2.05, 4.69) is 20.5 Å². The highest BCUT2D eigenvalue weighted by atomic mass is 15.3. The summed E-state index contributed by atoms with van der Waals surface area (Å²) in [5, 5.41) is 6.72. The maximum atomic E-state index is 6.05. The van der Waals surface area contributed by atoms with E-state index in [4.69, 9.17) is 11.5 Å². The summed E-state index contributed by atoms with van der Waals surface area (Å²) in [6.07, 6.45) is 4.55. The highest BCUT2D eigenvalue weighted by Gasteiger charge is 2.36. The molecular weight excluding hydrogens is 228 g/mol. The SMILES string of the molecule is CC1(N)C=C(N2CC3CCCNC3C2)NC(N)=N1. The molecule has 0 bridgehead atoms. The molecule has 100 valence electrons. The number of fused-ring (bicyclic) bond motifs is 1. The molecule has 0 aliphatic carbocycles. The molecular formula is C12H22N6. The highest BCUT2D eigenvalue weighted by Crippen LogP contribution is 2.28. The first-order valence-corrected chi connectivity index (χ1v) is 6.66. The van der Waals surface area contributed by atoms with Crippen LogP contribution in [-0.4, -0.2) is 42.2 Å². The van der Waals surface area contributed by atoms with Crippen molar-refractivity contribution in [1.29, 1.82) is 0 Å².